The number of anilines is 1. The Bertz CT molecular complexity index is 470. The van der Waals surface area contributed by atoms with Crippen molar-refractivity contribution >= 4 is 33.0 Å². The normalized spacial score (nSPS) is 10.5. The predicted molar refractivity (Wildman–Crippen MR) is 76.5 cm³/mol. The topological polar surface area (TPSA) is 21.3 Å². The van der Waals surface area contributed by atoms with E-state index in [1.54, 1.807) is 18.4 Å². The van der Waals surface area contributed by atoms with Gasteiger partial charge < -0.3 is 10.1 Å². The third-order valence-corrected chi connectivity index (χ3v) is 4.06. The average molecular weight is 312 g/mol. The van der Waals surface area contributed by atoms with E-state index < -0.39 is 0 Å². The number of methoxy groups -OCH3 is 1. The molecule has 4 heteroatoms. The van der Waals surface area contributed by atoms with E-state index in [9.17, 15) is 0 Å². The highest BCUT2D eigenvalue weighted by molar-refractivity contribution is 9.10. The van der Waals surface area contributed by atoms with Crippen LogP contribution in [-0.2, 0) is 17.9 Å². The Balaban J connectivity index is 2.11. The molecule has 0 saturated heterocycles. The van der Waals surface area contributed by atoms with Crippen LogP contribution in [0.15, 0.2) is 40.2 Å². The van der Waals surface area contributed by atoms with Crippen LogP contribution in [0.1, 0.15) is 10.4 Å². The van der Waals surface area contributed by atoms with E-state index in [2.05, 4.69) is 44.8 Å². The lowest BCUT2D eigenvalue weighted by Gasteiger charge is -2.12. The molecule has 0 radical (unpaired) electrons. The summed E-state index contributed by atoms with van der Waals surface area (Å²) in [5.41, 5.74) is 2.28. The van der Waals surface area contributed by atoms with Crippen molar-refractivity contribution < 1.29 is 4.74 Å². The SMILES string of the molecule is COCc1c(Br)cccc1NCc1cccs1. The van der Waals surface area contributed by atoms with Gasteiger partial charge in [0.25, 0.3) is 0 Å². The van der Waals surface area contributed by atoms with E-state index >= 15 is 0 Å². The zero-order valence-corrected chi connectivity index (χ0v) is 12.0. The van der Waals surface area contributed by atoms with Crippen molar-refractivity contribution in [2.45, 2.75) is 13.2 Å². The number of ether oxygens (including phenoxy) is 1. The van der Waals surface area contributed by atoms with Crippen molar-refractivity contribution in [2.75, 3.05) is 12.4 Å². The molecule has 0 amide bonds. The lowest BCUT2D eigenvalue weighted by atomic mass is 10.2. The first-order chi connectivity index (χ1) is 8.31. The van der Waals surface area contributed by atoms with Crippen LogP contribution in [0.3, 0.4) is 0 Å². The summed E-state index contributed by atoms with van der Waals surface area (Å²) in [6.07, 6.45) is 0. The highest BCUT2D eigenvalue weighted by Crippen LogP contribution is 2.26. The zero-order valence-electron chi connectivity index (χ0n) is 9.57. The minimum atomic E-state index is 0.605. The van der Waals surface area contributed by atoms with Crippen LogP contribution in [0.4, 0.5) is 5.69 Å². The second-order valence-electron chi connectivity index (χ2n) is 3.63. The van der Waals surface area contributed by atoms with Gasteiger partial charge in [-0.1, -0.05) is 28.1 Å². The van der Waals surface area contributed by atoms with Crippen molar-refractivity contribution in [3.05, 3.63) is 50.6 Å². The lowest BCUT2D eigenvalue weighted by molar-refractivity contribution is 0.185. The molecule has 0 aliphatic rings. The number of rotatable bonds is 5. The van der Waals surface area contributed by atoms with Crippen LogP contribution in [0.5, 0.6) is 0 Å². The highest BCUT2D eigenvalue weighted by atomic mass is 79.9. The van der Waals surface area contributed by atoms with Gasteiger partial charge >= 0.3 is 0 Å². The third-order valence-electron chi connectivity index (χ3n) is 2.44. The van der Waals surface area contributed by atoms with Gasteiger partial charge in [0.2, 0.25) is 0 Å². The predicted octanol–water partition coefficient (Wildman–Crippen LogP) is 4.27. The van der Waals surface area contributed by atoms with Gasteiger partial charge in [-0.05, 0) is 23.6 Å². The van der Waals surface area contributed by atoms with E-state index in [4.69, 9.17) is 4.74 Å². The summed E-state index contributed by atoms with van der Waals surface area (Å²) in [7, 11) is 1.71. The van der Waals surface area contributed by atoms with Crippen molar-refractivity contribution in [2.24, 2.45) is 0 Å². The van der Waals surface area contributed by atoms with Gasteiger partial charge in [-0.25, -0.2) is 0 Å². The maximum Gasteiger partial charge on any atom is 0.0744 e. The largest absolute Gasteiger partial charge is 0.380 e. The van der Waals surface area contributed by atoms with E-state index in [1.807, 2.05) is 12.1 Å². The van der Waals surface area contributed by atoms with Gasteiger partial charge in [-0.2, -0.15) is 0 Å². The third kappa shape index (κ3) is 3.31. The number of thiophene rings is 1. The van der Waals surface area contributed by atoms with Crippen LogP contribution >= 0.6 is 27.3 Å². The molecular weight excluding hydrogens is 298 g/mol. The van der Waals surface area contributed by atoms with Gasteiger partial charge in [0.05, 0.1) is 6.61 Å². The molecule has 90 valence electrons. The molecule has 1 aromatic carbocycles. The first kappa shape index (κ1) is 12.6. The molecule has 0 saturated carbocycles. The van der Waals surface area contributed by atoms with E-state index in [0.29, 0.717) is 6.61 Å². The molecule has 0 unspecified atom stereocenters. The summed E-state index contributed by atoms with van der Waals surface area (Å²) in [6.45, 7) is 1.46. The molecular formula is C13H14BrNOS. The fraction of sp³-hybridized carbons (Fsp3) is 0.231. The molecule has 1 aromatic heterocycles. The molecule has 0 fully saturated rings. The van der Waals surface area contributed by atoms with Crippen LogP contribution < -0.4 is 5.32 Å². The van der Waals surface area contributed by atoms with Gasteiger partial charge in [-0.3, -0.25) is 0 Å². The smallest absolute Gasteiger partial charge is 0.0744 e. The van der Waals surface area contributed by atoms with Crippen molar-refractivity contribution in [3.63, 3.8) is 0 Å². The second kappa shape index (κ2) is 6.19. The maximum absolute atomic E-state index is 5.22. The Morgan fingerprint density at radius 2 is 2.18 bits per heavy atom. The Hall–Kier alpha value is -0.840. The van der Waals surface area contributed by atoms with Crippen molar-refractivity contribution in [3.8, 4) is 0 Å². The summed E-state index contributed by atoms with van der Waals surface area (Å²) >= 11 is 5.31. The zero-order chi connectivity index (χ0) is 12.1. The Morgan fingerprint density at radius 3 is 2.88 bits per heavy atom. The van der Waals surface area contributed by atoms with Gasteiger partial charge in [-0.15, -0.1) is 11.3 Å². The summed E-state index contributed by atoms with van der Waals surface area (Å²) in [4.78, 5) is 1.33. The molecule has 2 rings (SSSR count). The van der Waals surface area contributed by atoms with Crippen LogP contribution in [0.25, 0.3) is 0 Å². The number of hydrogen-bond acceptors (Lipinski definition) is 3. The van der Waals surface area contributed by atoms with Gasteiger partial charge in [0.1, 0.15) is 0 Å². The van der Waals surface area contributed by atoms with Crippen LogP contribution in [-0.4, -0.2) is 7.11 Å². The highest BCUT2D eigenvalue weighted by Gasteiger charge is 2.06. The Labute approximate surface area is 114 Å². The quantitative estimate of drug-likeness (QED) is 0.890. The molecule has 1 heterocycles. The van der Waals surface area contributed by atoms with Crippen molar-refractivity contribution in [1.29, 1.82) is 0 Å². The first-order valence-electron chi connectivity index (χ1n) is 5.34. The first-order valence-corrected chi connectivity index (χ1v) is 7.01. The summed E-state index contributed by atoms with van der Waals surface area (Å²) in [5, 5.41) is 5.53. The lowest BCUT2D eigenvalue weighted by Crippen LogP contribution is -2.02. The number of nitrogens with one attached hydrogen (secondary N) is 1. The Morgan fingerprint density at radius 1 is 1.29 bits per heavy atom. The fourth-order valence-electron chi connectivity index (χ4n) is 1.61. The molecule has 1 N–H and O–H groups in total. The molecule has 0 aliphatic heterocycles. The molecule has 0 aliphatic carbocycles. The van der Waals surface area contributed by atoms with Gasteiger partial charge in [0, 0.05) is 34.3 Å². The minimum absolute atomic E-state index is 0.605. The summed E-state index contributed by atoms with van der Waals surface area (Å²) in [5.74, 6) is 0. The summed E-state index contributed by atoms with van der Waals surface area (Å²) in [6, 6.07) is 10.3. The number of benzene rings is 1. The molecule has 0 atom stereocenters. The summed E-state index contributed by atoms with van der Waals surface area (Å²) < 4.78 is 6.30. The van der Waals surface area contributed by atoms with E-state index in [1.165, 1.54) is 4.88 Å². The molecule has 17 heavy (non-hydrogen) atoms. The van der Waals surface area contributed by atoms with Crippen LogP contribution in [0, 0.1) is 0 Å². The maximum atomic E-state index is 5.22. The standard InChI is InChI=1S/C13H14BrNOS/c1-16-9-11-12(14)5-2-6-13(11)15-8-10-4-3-7-17-10/h2-7,15H,8-9H2,1H3. The van der Waals surface area contributed by atoms with E-state index in [0.717, 1.165) is 22.3 Å². The van der Waals surface area contributed by atoms with Gasteiger partial charge in [0.15, 0.2) is 0 Å². The average Bonchev–Trinajstić information content (AvgIpc) is 2.83. The molecule has 0 spiro atoms. The monoisotopic (exact) mass is 311 g/mol. The Kier molecular flexibility index (Phi) is 4.59. The van der Waals surface area contributed by atoms with Crippen molar-refractivity contribution in [1.82, 2.24) is 0 Å². The second-order valence-corrected chi connectivity index (χ2v) is 5.52. The van der Waals surface area contributed by atoms with Crippen LogP contribution in [0.2, 0.25) is 0 Å². The molecule has 2 aromatic rings. The van der Waals surface area contributed by atoms with E-state index in [-0.39, 0.29) is 0 Å². The fourth-order valence-corrected chi connectivity index (χ4v) is 2.74. The molecule has 2 nitrogen and oxygen atoms in total. The molecule has 0 bridgehead atoms. The number of halogens is 1. The number of hydrogen-bond donors (Lipinski definition) is 1. The minimum Gasteiger partial charge on any atom is -0.380 e.